The standard InChI is InChI=1S/C25H22FN5O/c26-22-10-4-9-21(14-22)25(32)29-18-31(30-13-12-23-16-27-17-28-23)24-11-5-8-20(15-24)19-6-2-1-3-7-19/h1-11,14-18,30H,12-13H2,(H,27,28). The molecule has 0 aliphatic heterocycles. The molecule has 0 fully saturated rings. The van der Waals surface area contributed by atoms with Gasteiger partial charge in [-0.1, -0.05) is 48.5 Å². The number of anilines is 1. The van der Waals surface area contributed by atoms with Gasteiger partial charge in [0.1, 0.15) is 12.2 Å². The summed E-state index contributed by atoms with van der Waals surface area (Å²) in [4.78, 5) is 23.6. The van der Waals surface area contributed by atoms with Gasteiger partial charge in [-0.3, -0.25) is 9.80 Å². The summed E-state index contributed by atoms with van der Waals surface area (Å²) >= 11 is 0. The van der Waals surface area contributed by atoms with Crippen LogP contribution < -0.4 is 10.4 Å². The zero-order valence-electron chi connectivity index (χ0n) is 17.3. The molecule has 0 spiro atoms. The Morgan fingerprint density at radius 1 is 1.03 bits per heavy atom. The number of benzene rings is 3. The molecular weight excluding hydrogens is 405 g/mol. The Morgan fingerprint density at radius 2 is 1.84 bits per heavy atom. The van der Waals surface area contributed by atoms with E-state index in [9.17, 15) is 9.18 Å². The Kier molecular flexibility index (Phi) is 6.79. The van der Waals surface area contributed by atoms with E-state index in [0.29, 0.717) is 13.0 Å². The lowest BCUT2D eigenvalue weighted by atomic mass is 10.1. The fraction of sp³-hybridized carbons (Fsp3) is 0.0800. The van der Waals surface area contributed by atoms with Crippen molar-refractivity contribution in [2.45, 2.75) is 6.42 Å². The summed E-state index contributed by atoms with van der Waals surface area (Å²) in [5, 5.41) is 1.69. The van der Waals surface area contributed by atoms with E-state index in [4.69, 9.17) is 0 Å². The van der Waals surface area contributed by atoms with E-state index in [0.717, 1.165) is 22.5 Å². The summed E-state index contributed by atoms with van der Waals surface area (Å²) in [6.45, 7) is 0.581. The van der Waals surface area contributed by atoms with Gasteiger partial charge in [0.2, 0.25) is 0 Å². The average molecular weight is 427 g/mol. The van der Waals surface area contributed by atoms with Crippen molar-refractivity contribution in [1.29, 1.82) is 0 Å². The summed E-state index contributed by atoms with van der Waals surface area (Å²) in [5.41, 5.74) is 7.39. The summed E-state index contributed by atoms with van der Waals surface area (Å²) in [7, 11) is 0. The highest BCUT2D eigenvalue weighted by molar-refractivity contribution is 6.00. The van der Waals surface area contributed by atoms with Gasteiger partial charge in [-0.2, -0.15) is 4.99 Å². The van der Waals surface area contributed by atoms with Gasteiger partial charge in [0.05, 0.1) is 12.0 Å². The minimum Gasteiger partial charge on any atom is -0.348 e. The van der Waals surface area contributed by atoms with E-state index in [1.807, 2.05) is 54.6 Å². The van der Waals surface area contributed by atoms with Crippen LogP contribution in [0.4, 0.5) is 10.1 Å². The van der Waals surface area contributed by atoms with Crippen LogP contribution in [0, 0.1) is 5.82 Å². The van der Waals surface area contributed by atoms with Crippen LogP contribution in [-0.2, 0) is 6.42 Å². The number of aromatic nitrogens is 2. The first-order chi connectivity index (χ1) is 15.7. The van der Waals surface area contributed by atoms with Gasteiger partial charge in [-0.05, 0) is 41.5 Å². The zero-order chi connectivity index (χ0) is 22.2. The number of imidazole rings is 1. The molecule has 0 saturated carbocycles. The molecule has 7 heteroatoms. The van der Waals surface area contributed by atoms with Crippen LogP contribution in [0.3, 0.4) is 0 Å². The van der Waals surface area contributed by atoms with Gasteiger partial charge >= 0.3 is 0 Å². The Bertz CT molecular complexity index is 1190. The van der Waals surface area contributed by atoms with Crippen molar-refractivity contribution in [2.75, 3.05) is 11.6 Å². The van der Waals surface area contributed by atoms with Crippen molar-refractivity contribution in [3.8, 4) is 11.1 Å². The number of carbonyl (C=O) groups is 1. The first-order valence-electron chi connectivity index (χ1n) is 10.2. The maximum Gasteiger partial charge on any atom is 0.278 e. The van der Waals surface area contributed by atoms with Gasteiger partial charge < -0.3 is 4.98 Å². The van der Waals surface area contributed by atoms with Crippen LogP contribution in [0.15, 0.2) is 96.4 Å². The van der Waals surface area contributed by atoms with Gasteiger partial charge in [0, 0.05) is 30.4 Å². The molecule has 4 rings (SSSR count). The normalized spacial score (nSPS) is 11.0. The molecule has 160 valence electrons. The van der Waals surface area contributed by atoms with Crippen molar-refractivity contribution in [2.24, 2.45) is 4.99 Å². The number of aliphatic imine (C=N–C) groups is 1. The molecule has 1 amide bonds. The number of hydrazine groups is 1. The van der Waals surface area contributed by atoms with Gasteiger partial charge in [-0.15, -0.1) is 0 Å². The molecule has 0 unspecified atom stereocenters. The van der Waals surface area contributed by atoms with Crippen molar-refractivity contribution < 1.29 is 9.18 Å². The number of H-pyrrole nitrogens is 1. The zero-order valence-corrected chi connectivity index (χ0v) is 17.3. The first kappa shape index (κ1) is 21.1. The minimum absolute atomic E-state index is 0.191. The Hall–Kier alpha value is -4.10. The monoisotopic (exact) mass is 427 g/mol. The van der Waals surface area contributed by atoms with Crippen LogP contribution >= 0.6 is 0 Å². The van der Waals surface area contributed by atoms with Crippen LogP contribution in [0.2, 0.25) is 0 Å². The Balaban J connectivity index is 1.56. The highest BCUT2D eigenvalue weighted by Gasteiger charge is 2.09. The van der Waals surface area contributed by atoms with E-state index in [2.05, 4.69) is 20.4 Å². The van der Waals surface area contributed by atoms with E-state index >= 15 is 0 Å². The van der Waals surface area contributed by atoms with E-state index < -0.39 is 11.7 Å². The lowest BCUT2D eigenvalue weighted by molar-refractivity contribution is 0.100. The molecule has 0 aliphatic carbocycles. The second-order valence-electron chi connectivity index (χ2n) is 7.08. The van der Waals surface area contributed by atoms with Crippen LogP contribution in [0.25, 0.3) is 11.1 Å². The van der Waals surface area contributed by atoms with Crippen LogP contribution in [-0.4, -0.2) is 28.8 Å². The molecule has 0 saturated heterocycles. The Morgan fingerprint density at radius 3 is 2.62 bits per heavy atom. The molecule has 0 bridgehead atoms. The molecule has 0 radical (unpaired) electrons. The van der Waals surface area contributed by atoms with E-state index in [1.54, 1.807) is 17.5 Å². The number of aromatic amines is 1. The predicted octanol–water partition coefficient (Wildman–Crippen LogP) is 4.64. The third-order valence-corrected chi connectivity index (χ3v) is 4.82. The maximum absolute atomic E-state index is 13.5. The van der Waals surface area contributed by atoms with Crippen molar-refractivity contribution in [1.82, 2.24) is 15.4 Å². The number of nitrogens with one attached hydrogen (secondary N) is 2. The summed E-state index contributed by atoms with van der Waals surface area (Å²) in [6.07, 6.45) is 5.53. The molecule has 6 nitrogen and oxygen atoms in total. The number of nitrogens with zero attached hydrogens (tertiary/aromatic N) is 3. The SMILES string of the molecule is O=C(N=CN(NCCc1cnc[nH]1)c1cccc(-c2ccccc2)c1)c1cccc(F)c1. The highest BCUT2D eigenvalue weighted by atomic mass is 19.1. The van der Waals surface area contributed by atoms with Gasteiger partial charge in [0.25, 0.3) is 5.91 Å². The minimum atomic E-state index is -0.524. The van der Waals surface area contributed by atoms with Crippen molar-refractivity contribution >= 4 is 17.9 Å². The topological polar surface area (TPSA) is 73.4 Å². The number of hydrogen-bond donors (Lipinski definition) is 2. The van der Waals surface area contributed by atoms with Gasteiger partial charge in [0.15, 0.2) is 0 Å². The van der Waals surface area contributed by atoms with Crippen LogP contribution in [0.1, 0.15) is 16.1 Å². The first-order valence-corrected chi connectivity index (χ1v) is 10.2. The largest absolute Gasteiger partial charge is 0.348 e. The lowest BCUT2D eigenvalue weighted by Crippen LogP contribution is -2.38. The fourth-order valence-electron chi connectivity index (χ4n) is 3.20. The number of rotatable bonds is 8. The third kappa shape index (κ3) is 5.53. The quantitative estimate of drug-likeness (QED) is 0.244. The van der Waals surface area contributed by atoms with E-state index in [-0.39, 0.29) is 5.56 Å². The average Bonchev–Trinajstić information content (AvgIpc) is 3.35. The number of carbonyl (C=O) groups excluding carboxylic acids is 1. The number of amides is 1. The van der Waals surface area contributed by atoms with Crippen LogP contribution in [0.5, 0.6) is 0 Å². The number of halogens is 1. The third-order valence-electron chi connectivity index (χ3n) is 4.82. The Labute approximate surface area is 185 Å². The second kappa shape index (κ2) is 10.3. The molecule has 32 heavy (non-hydrogen) atoms. The molecule has 4 aromatic rings. The summed E-state index contributed by atoms with van der Waals surface area (Å²) in [6, 6.07) is 23.4. The molecular formula is C25H22FN5O. The molecule has 3 aromatic carbocycles. The van der Waals surface area contributed by atoms with Crippen molar-refractivity contribution in [3.63, 3.8) is 0 Å². The molecule has 1 aromatic heterocycles. The molecule has 0 atom stereocenters. The van der Waals surface area contributed by atoms with Crippen molar-refractivity contribution in [3.05, 3.63) is 108 Å². The van der Waals surface area contributed by atoms with Gasteiger partial charge in [-0.25, -0.2) is 14.8 Å². The summed E-state index contributed by atoms with van der Waals surface area (Å²) < 4.78 is 13.5. The molecule has 0 aliphatic rings. The van der Waals surface area contributed by atoms with E-state index in [1.165, 1.54) is 30.6 Å². The second-order valence-corrected chi connectivity index (χ2v) is 7.08. The molecule has 2 N–H and O–H groups in total. The smallest absolute Gasteiger partial charge is 0.278 e. The fourth-order valence-corrected chi connectivity index (χ4v) is 3.20. The predicted molar refractivity (Wildman–Crippen MR) is 124 cm³/mol. The lowest BCUT2D eigenvalue weighted by Gasteiger charge is -2.21. The number of hydrogen-bond acceptors (Lipinski definition) is 3. The highest BCUT2D eigenvalue weighted by Crippen LogP contribution is 2.23. The molecule has 1 heterocycles. The summed E-state index contributed by atoms with van der Waals surface area (Å²) in [5.74, 6) is -1.000. The maximum atomic E-state index is 13.5.